The molecule has 0 saturated carbocycles. The number of aliphatic hydroxyl groups is 1. The van der Waals surface area contributed by atoms with Crippen molar-refractivity contribution < 1.29 is 9.84 Å². The zero-order valence-corrected chi connectivity index (χ0v) is 13.5. The van der Waals surface area contributed by atoms with Crippen molar-refractivity contribution >= 4 is 0 Å². The molecule has 21 heavy (non-hydrogen) atoms. The van der Waals surface area contributed by atoms with E-state index in [9.17, 15) is 5.11 Å². The Hall–Kier alpha value is -1.10. The van der Waals surface area contributed by atoms with Crippen LogP contribution in [0.15, 0.2) is 24.3 Å². The van der Waals surface area contributed by atoms with E-state index in [0.717, 1.165) is 44.0 Å². The molecule has 2 rings (SSSR count). The van der Waals surface area contributed by atoms with Gasteiger partial charge in [-0.25, -0.2) is 0 Å². The molecule has 0 spiro atoms. The van der Waals surface area contributed by atoms with Crippen LogP contribution in [0.5, 0.6) is 5.75 Å². The molecule has 1 atom stereocenters. The van der Waals surface area contributed by atoms with Crippen molar-refractivity contribution in [1.29, 1.82) is 0 Å². The lowest BCUT2D eigenvalue weighted by Gasteiger charge is -2.39. The Kier molecular flexibility index (Phi) is 6.03. The molecule has 4 nitrogen and oxygen atoms in total. The van der Waals surface area contributed by atoms with E-state index in [-0.39, 0.29) is 12.6 Å². The van der Waals surface area contributed by atoms with Crippen molar-refractivity contribution in [3.05, 3.63) is 29.8 Å². The highest BCUT2D eigenvalue weighted by molar-refractivity contribution is 5.30. The van der Waals surface area contributed by atoms with E-state index in [4.69, 9.17) is 4.74 Å². The van der Waals surface area contributed by atoms with Crippen LogP contribution in [-0.4, -0.2) is 61.3 Å². The molecule has 0 amide bonds. The lowest BCUT2D eigenvalue weighted by Crippen LogP contribution is -2.49. The van der Waals surface area contributed by atoms with Gasteiger partial charge in [0.1, 0.15) is 5.75 Å². The van der Waals surface area contributed by atoms with Gasteiger partial charge >= 0.3 is 0 Å². The lowest BCUT2D eigenvalue weighted by molar-refractivity contribution is 0.0605. The molecule has 0 aromatic heterocycles. The van der Waals surface area contributed by atoms with Gasteiger partial charge in [0.2, 0.25) is 0 Å². The van der Waals surface area contributed by atoms with Crippen LogP contribution in [0.1, 0.15) is 25.5 Å². The second-order valence-corrected chi connectivity index (χ2v) is 6.21. The Morgan fingerprint density at radius 1 is 1.19 bits per heavy atom. The number of ether oxygens (including phenoxy) is 1. The molecule has 118 valence electrons. The third kappa shape index (κ3) is 4.43. The van der Waals surface area contributed by atoms with Crippen LogP contribution in [0.3, 0.4) is 0 Å². The minimum absolute atomic E-state index is 0.0706. The molecule has 1 aromatic carbocycles. The highest BCUT2D eigenvalue weighted by Gasteiger charge is 2.24. The Balaban J connectivity index is 1.99. The summed E-state index contributed by atoms with van der Waals surface area (Å²) < 4.78 is 5.29. The smallest absolute Gasteiger partial charge is 0.119 e. The molecule has 4 heteroatoms. The Bertz CT molecular complexity index is 429. The van der Waals surface area contributed by atoms with E-state index in [1.54, 1.807) is 7.11 Å². The molecular weight excluding hydrogens is 264 g/mol. The van der Waals surface area contributed by atoms with Crippen LogP contribution in [0, 0.1) is 5.92 Å². The first kappa shape index (κ1) is 16.3. The minimum atomic E-state index is 0.0706. The van der Waals surface area contributed by atoms with E-state index in [1.807, 2.05) is 18.2 Å². The van der Waals surface area contributed by atoms with Crippen molar-refractivity contribution in [3.8, 4) is 5.75 Å². The molecule has 1 N–H and O–H groups in total. The molecule has 0 radical (unpaired) electrons. The first-order chi connectivity index (χ1) is 10.1. The lowest BCUT2D eigenvalue weighted by atomic mass is 10.0. The van der Waals surface area contributed by atoms with E-state index >= 15 is 0 Å². The second kappa shape index (κ2) is 7.78. The highest BCUT2D eigenvalue weighted by Crippen LogP contribution is 2.25. The summed E-state index contributed by atoms with van der Waals surface area (Å²) in [6, 6.07) is 8.11. The summed E-state index contributed by atoms with van der Waals surface area (Å²) in [7, 11) is 1.68. The predicted octanol–water partition coefficient (Wildman–Crippen LogP) is 2.00. The van der Waals surface area contributed by atoms with Gasteiger partial charge in [0, 0.05) is 32.7 Å². The number of hydrogen-bond donors (Lipinski definition) is 1. The van der Waals surface area contributed by atoms with Crippen LogP contribution in [0.4, 0.5) is 0 Å². The van der Waals surface area contributed by atoms with Gasteiger partial charge in [0.05, 0.1) is 19.8 Å². The SMILES string of the molecule is COc1cccc(C(CO)N2CCN(CC(C)C)CC2)c1. The molecule has 1 saturated heterocycles. The molecule has 0 bridgehead atoms. The van der Waals surface area contributed by atoms with E-state index in [1.165, 1.54) is 0 Å². The van der Waals surface area contributed by atoms with Crippen molar-refractivity contribution in [2.75, 3.05) is 46.4 Å². The summed E-state index contributed by atoms with van der Waals surface area (Å²) in [6.45, 7) is 10.0. The zero-order chi connectivity index (χ0) is 15.2. The molecule has 1 unspecified atom stereocenters. The maximum absolute atomic E-state index is 9.81. The van der Waals surface area contributed by atoms with E-state index in [2.05, 4.69) is 29.7 Å². The third-order valence-corrected chi connectivity index (χ3v) is 4.12. The number of rotatable bonds is 6. The van der Waals surface area contributed by atoms with Gasteiger partial charge in [-0.1, -0.05) is 26.0 Å². The molecular formula is C17H28N2O2. The second-order valence-electron chi connectivity index (χ2n) is 6.21. The number of hydrogen-bond acceptors (Lipinski definition) is 4. The standard InChI is InChI=1S/C17H28N2O2/c1-14(2)12-18-7-9-19(10-8-18)17(13-20)15-5-4-6-16(11-15)21-3/h4-6,11,14,17,20H,7-10,12-13H2,1-3H3. The van der Waals surface area contributed by atoms with E-state index < -0.39 is 0 Å². The molecule has 1 aliphatic heterocycles. The monoisotopic (exact) mass is 292 g/mol. The minimum Gasteiger partial charge on any atom is -0.497 e. The first-order valence-corrected chi connectivity index (χ1v) is 7.85. The number of aliphatic hydroxyl groups excluding tert-OH is 1. The number of methoxy groups -OCH3 is 1. The fourth-order valence-electron chi connectivity index (χ4n) is 3.05. The fraction of sp³-hybridized carbons (Fsp3) is 0.647. The molecule has 1 fully saturated rings. The fourth-order valence-corrected chi connectivity index (χ4v) is 3.05. The van der Waals surface area contributed by atoms with Crippen LogP contribution in [0.25, 0.3) is 0 Å². The first-order valence-electron chi connectivity index (χ1n) is 7.85. The topological polar surface area (TPSA) is 35.9 Å². The normalized spacial score (nSPS) is 18.9. The zero-order valence-electron chi connectivity index (χ0n) is 13.5. The van der Waals surface area contributed by atoms with Crippen LogP contribution >= 0.6 is 0 Å². The summed E-state index contributed by atoms with van der Waals surface area (Å²) in [4.78, 5) is 4.90. The maximum Gasteiger partial charge on any atom is 0.119 e. The van der Waals surface area contributed by atoms with Crippen LogP contribution in [0.2, 0.25) is 0 Å². The Labute approximate surface area is 128 Å². The molecule has 1 aliphatic rings. The summed E-state index contributed by atoms with van der Waals surface area (Å²) in [6.07, 6.45) is 0. The number of benzene rings is 1. The Morgan fingerprint density at radius 2 is 1.90 bits per heavy atom. The summed E-state index contributed by atoms with van der Waals surface area (Å²) in [5, 5.41) is 9.81. The summed E-state index contributed by atoms with van der Waals surface area (Å²) in [5.41, 5.74) is 1.13. The van der Waals surface area contributed by atoms with Crippen LogP contribution in [-0.2, 0) is 0 Å². The maximum atomic E-state index is 9.81. The van der Waals surface area contributed by atoms with Gasteiger partial charge in [0.25, 0.3) is 0 Å². The average Bonchev–Trinajstić information content (AvgIpc) is 2.49. The highest BCUT2D eigenvalue weighted by atomic mass is 16.5. The number of nitrogens with zero attached hydrogens (tertiary/aromatic N) is 2. The van der Waals surface area contributed by atoms with Gasteiger partial charge in [-0.15, -0.1) is 0 Å². The van der Waals surface area contributed by atoms with Crippen molar-refractivity contribution in [2.45, 2.75) is 19.9 Å². The van der Waals surface area contributed by atoms with E-state index in [0.29, 0.717) is 5.92 Å². The van der Waals surface area contributed by atoms with Gasteiger partial charge in [-0.05, 0) is 23.6 Å². The summed E-state index contributed by atoms with van der Waals surface area (Å²) in [5.74, 6) is 1.56. The summed E-state index contributed by atoms with van der Waals surface area (Å²) >= 11 is 0. The van der Waals surface area contributed by atoms with Gasteiger partial charge in [0.15, 0.2) is 0 Å². The quantitative estimate of drug-likeness (QED) is 0.870. The van der Waals surface area contributed by atoms with Gasteiger partial charge in [-0.3, -0.25) is 4.90 Å². The molecule has 1 aromatic rings. The largest absolute Gasteiger partial charge is 0.497 e. The van der Waals surface area contributed by atoms with Crippen LogP contribution < -0.4 is 4.74 Å². The average molecular weight is 292 g/mol. The van der Waals surface area contributed by atoms with Gasteiger partial charge in [-0.2, -0.15) is 0 Å². The Morgan fingerprint density at radius 3 is 2.48 bits per heavy atom. The predicted molar refractivity (Wildman–Crippen MR) is 85.7 cm³/mol. The van der Waals surface area contributed by atoms with Crippen molar-refractivity contribution in [1.82, 2.24) is 9.80 Å². The molecule has 1 heterocycles. The van der Waals surface area contributed by atoms with Crippen molar-refractivity contribution in [3.63, 3.8) is 0 Å². The number of piperazine rings is 1. The van der Waals surface area contributed by atoms with Crippen molar-refractivity contribution in [2.24, 2.45) is 5.92 Å². The third-order valence-electron chi connectivity index (χ3n) is 4.12. The molecule has 0 aliphatic carbocycles. The van der Waals surface area contributed by atoms with Gasteiger partial charge < -0.3 is 14.7 Å².